The molecule has 0 unspecified atom stereocenters. The lowest BCUT2D eigenvalue weighted by Crippen LogP contribution is -2.60. The zero-order valence-electron chi connectivity index (χ0n) is 35.2. The molecular formula is C43H60N4O10S. The maximum atomic E-state index is 14.5. The summed E-state index contributed by atoms with van der Waals surface area (Å²) < 4.78 is 31.2. The molecule has 5 rings (SSSR count). The molecule has 1 aromatic heterocycles. The van der Waals surface area contributed by atoms with Gasteiger partial charge in [0.05, 0.1) is 17.7 Å². The Kier molecular flexibility index (Phi) is 14.4. The average Bonchev–Trinajstić information content (AvgIpc) is 3.50. The van der Waals surface area contributed by atoms with Crippen molar-refractivity contribution in [3.05, 3.63) is 48.2 Å². The number of aliphatic hydroxyl groups excluding tert-OH is 1. The number of hydrogen-bond donors (Lipinski definition) is 3. The number of aromatic nitrogens is 1. The van der Waals surface area contributed by atoms with Crippen molar-refractivity contribution < 1.29 is 48.0 Å². The van der Waals surface area contributed by atoms with E-state index in [2.05, 4.69) is 15.6 Å². The fraction of sp³-hybridized carbons (Fsp3) is 0.628. The van der Waals surface area contributed by atoms with Gasteiger partial charge in [-0.15, -0.1) is 0 Å². The summed E-state index contributed by atoms with van der Waals surface area (Å²) in [5, 5.41) is 18.5. The van der Waals surface area contributed by atoms with E-state index in [4.69, 9.17) is 35.9 Å². The number of carbonyl (C=O) groups is 4. The second-order valence-electron chi connectivity index (χ2n) is 16.8. The number of pyridine rings is 1. The number of Topliss-reactive ketones (excluding diaryl/α,β-unsaturated/α-hetero) is 2. The van der Waals surface area contributed by atoms with Gasteiger partial charge in [-0.3, -0.25) is 19.4 Å². The second-order valence-corrected chi connectivity index (χ2v) is 17.2. The van der Waals surface area contributed by atoms with E-state index in [1.54, 1.807) is 46.9 Å². The van der Waals surface area contributed by atoms with E-state index in [0.29, 0.717) is 12.8 Å². The third-order valence-corrected chi connectivity index (χ3v) is 12.3. The van der Waals surface area contributed by atoms with Crippen LogP contribution in [0.1, 0.15) is 80.2 Å². The lowest BCUT2D eigenvalue weighted by atomic mass is 9.73. The van der Waals surface area contributed by atoms with Crippen LogP contribution in [-0.4, -0.2) is 118 Å². The predicted molar refractivity (Wildman–Crippen MR) is 221 cm³/mol. The van der Waals surface area contributed by atoms with Crippen LogP contribution in [0, 0.1) is 23.7 Å². The van der Waals surface area contributed by atoms with Gasteiger partial charge in [-0.05, 0) is 91.0 Å². The van der Waals surface area contributed by atoms with Crippen LogP contribution in [0.25, 0.3) is 17.0 Å². The SMILES string of the molecule is CC[C@H]1OC(=O)[C@H](C)C(=O)[C@H](C)[C@@H](O[C@@H]2O[C@H](C)C[C@H](N(C)C)[C@H]2O)[C@](C)(OC(=O)NC/C=C/c2cnc3ccccc3c2)C[C@@H](C)C(=O)[C@H](C)[C@H]2NC(=S)O[C@@]21C. The van der Waals surface area contributed by atoms with Crippen LogP contribution >= 0.6 is 12.2 Å². The number of esters is 1. The molecule has 58 heavy (non-hydrogen) atoms. The lowest BCUT2D eigenvalue weighted by Gasteiger charge is -2.47. The first kappa shape index (κ1) is 45.1. The van der Waals surface area contributed by atoms with Crippen LogP contribution in [0.2, 0.25) is 0 Å². The van der Waals surface area contributed by atoms with Gasteiger partial charge in [0.25, 0.3) is 5.17 Å². The number of cyclic esters (lactones) is 1. The van der Waals surface area contributed by atoms with Crippen molar-refractivity contribution in [1.82, 2.24) is 20.5 Å². The Balaban J connectivity index is 1.51. The quantitative estimate of drug-likeness (QED) is 0.185. The Hall–Kier alpha value is -4.02. The molecule has 3 aliphatic rings. The van der Waals surface area contributed by atoms with Gasteiger partial charge in [0.2, 0.25) is 0 Å². The molecule has 13 atom stereocenters. The third-order valence-electron chi connectivity index (χ3n) is 12.1. The molecule has 3 N–H and O–H groups in total. The highest BCUT2D eigenvalue weighted by Crippen LogP contribution is 2.40. The Morgan fingerprint density at radius 1 is 1.10 bits per heavy atom. The number of benzene rings is 1. The minimum absolute atomic E-state index is 0.0666. The maximum absolute atomic E-state index is 14.5. The third kappa shape index (κ3) is 9.71. The van der Waals surface area contributed by atoms with Crippen molar-refractivity contribution >= 4 is 58.0 Å². The number of ketones is 2. The van der Waals surface area contributed by atoms with Crippen molar-refractivity contribution in [1.29, 1.82) is 0 Å². The van der Waals surface area contributed by atoms with E-state index in [-0.39, 0.29) is 36.1 Å². The highest BCUT2D eigenvalue weighted by molar-refractivity contribution is 7.80. The number of likely N-dealkylation sites (N-methyl/N-ethyl adjacent to an activating group) is 1. The lowest BCUT2D eigenvalue weighted by molar-refractivity contribution is -0.292. The van der Waals surface area contributed by atoms with Gasteiger partial charge >= 0.3 is 12.1 Å². The minimum atomic E-state index is -1.70. The van der Waals surface area contributed by atoms with Crippen molar-refractivity contribution in [2.75, 3.05) is 20.6 Å². The van der Waals surface area contributed by atoms with Gasteiger partial charge in [-0.25, -0.2) is 4.79 Å². The molecule has 3 fully saturated rings. The first-order chi connectivity index (χ1) is 27.3. The highest BCUT2D eigenvalue weighted by Gasteiger charge is 2.57. The number of ether oxygens (including phenoxy) is 5. The monoisotopic (exact) mass is 824 g/mol. The van der Waals surface area contributed by atoms with Gasteiger partial charge in [-0.2, -0.15) is 0 Å². The van der Waals surface area contributed by atoms with Crippen molar-refractivity contribution in [2.24, 2.45) is 23.7 Å². The summed E-state index contributed by atoms with van der Waals surface area (Å²) in [6, 6.07) is 8.68. The summed E-state index contributed by atoms with van der Waals surface area (Å²) in [6.45, 7) is 13.6. The number of alkyl carbamates (subject to hydrolysis) is 1. The van der Waals surface area contributed by atoms with Crippen LogP contribution in [0.3, 0.4) is 0 Å². The molecule has 0 spiro atoms. The van der Waals surface area contributed by atoms with Crippen molar-refractivity contribution in [3.63, 3.8) is 0 Å². The molecule has 1 aromatic carbocycles. The van der Waals surface area contributed by atoms with E-state index in [0.717, 1.165) is 16.5 Å². The minimum Gasteiger partial charge on any atom is -0.459 e. The number of fused-ring (bicyclic) bond motifs is 2. The zero-order valence-corrected chi connectivity index (χ0v) is 36.0. The van der Waals surface area contributed by atoms with E-state index in [9.17, 15) is 24.3 Å². The molecule has 1 amide bonds. The van der Waals surface area contributed by atoms with Crippen molar-refractivity contribution in [3.8, 4) is 0 Å². The number of nitrogens with zero attached hydrogens (tertiary/aromatic N) is 2. The van der Waals surface area contributed by atoms with Gasteiger partial charge in [-0.1, -0.05) is 58.0 Å². The highest BCUT2D eigenvalue weighted by atomic mass is 32.1. The molecule has 14 nitrogen and oxygen atoms in total. The summed E-state index contributed by atoms with van der Waals surface area (Å²) in [5.74, 6) is -5.45. The number of thiocarbonyl (C=S) groups is 1. The molecule has 2 aromatic rings. The number of amides is 1. The molecule has 3 saturated heterocycles. The number of hydrogen-bond acceptors (Lipinski definition) is 13. The van der Waals surface area contributed by atoms with Crippen LogP contribution in [0.4, 0.5) is 4.79 Å². The summed E-state index contributed by atoms with van der Waals surface area (Å²) >= 11 is 5.41. The summed E-state index contributed by atoms with van der Waals surface area (Å²) in [4.78, 5) is 63.0. The first-order valence-electron chi connectivity index (χ1n) is 20.2. The van der Waals surface area contributed by atoms with Gasteiger partial charge in [0.1, 0.15) is 35.6 Å². The van der Waals surface area contributed by atoms with Gasteiger partial charge < -0.3 is 44.3 Å². The van der Waals surface area contributed by atoms with Crippen LogP contribution < -0.4 is 10.6 Å². The predicted octanol–water partition coefficient (Wildman–Crippen LogP) is 4.98. The Labute approximate surface area is 346 Å². The van der Waals surface area contributed by atoms with Gasteiger partial charge in [0.15, 0.2) is 17.7 Å². The van der Waals surface area contributed by atoms with E-state index in [1.165, 1.54) is 6.92 Å². The summed E-state index contributed by atoms with van der Waals surface area (Å²) in [7, 11) is 3.68. The Bertz CT molecular complexity index is 1880. The molecule has 318 valence electrons. The number of nitrogens with one attached hydrogen (secondary N) is 2. The second kappa shape index (κ2) is 18.5. The summed E-state index contributed by atoms with van der Waals surface area (Å²) in [5.41, 5.74) is -1.23. The smallest absolute Gasteiger partial charge is 0.408 e. The van der Waals surface area contributed by atoms with Crippen LogP contribution in [0.5, 0.6) is 0 Å². The number of rotatable bonds is 8. The standard InChI is InChI=1S/C43H60N4O10S/c1-11-32-43(8)36(46-41(58)57-43)25(4)33(48)23(2)21-42(7,56-40(52)44-18-14-15-28-20-29-16-12-13-17-30(29)45-22-28)37(26(5)34(49)27(6)38(51)54-32)55-39-35(50)31(47(9)10)19-24(3)53-39/h12-17,20,22-27,31-32,35-37,39,50H,11,18-19,21H2,1-10H3,(H,44,52)(H,46,58)/b15-14+/t23-,24-,25+,26+,27-,31+,32-,35-,36-,37-,39+,42-,43-/m1/s1. The Morgan fingerprint density at radius 2 is 1.81 bits per heavy atom. The van der Waals surface area contributed by atoms with Crippen molar-refractivity contribution in [2.45, 2.75) is 129 Å². The van der Waals surface area contributed by atoms with E-state index < -0.39 is 83.4 Å². The fourth-order valence-electron chi connectivity index (χ4n) is 8.85. The first-order valence-corrected chi connectivity index (χ1v) is 20.6. The molecule has 15 heteroatoms. The number of aliphatic hydroxyl groups is 1. The fourth-order valence-corrected chi connectivity index (χ4v) is 9.16. The average molecular weight is 825 g/mol. The van der Waals surface area contributed by atoms with E-state index >= 15 is 0 Å². The molecule has 3 aliphatic heterocycles. The normalized spacial score (nSPS) is 36.5. The molecule has 0 bridgehead atoms. The van der Waals surface area contributed by atoms with Gasteiger partial charge in [0, 0.05) is 41.9 Å². The van der Waals surface area contributed by atoms with E-state index in [1.807, 2.05) is 69.3 Å². The largest absolute Gasteiger partial charge is 0.459 e. The molecule has 0 radical (unpaired) electrons. The Morgan fingerprint density at radius 3 is 2.50 bits per heavy atom. The zero-order chi connectivity index (χ0) is 42.7. The molecule has 4 heterocycles. The van der Waals surface area contributed by atoms with Crippen LogP contribution in [-0.2, 0) is 38.1 Å². The summed E-state index contributed by atoms with van der Waals surface area (Å²) in [6.07, 6.45) is 0.297. The topological polar surface area (TPSA) is 175 Å². The molecule has 0 aliphatic carbocycles. The number of carbonyl (C=O) groups excluding carboxylic acids is 4. The molecule has 0 saturated carbocycles. The molecular weight excluding hydrogens is 765 g/mol. The van der Waals surface area contributed by atoms with Crippen LogP contribution in [0.15, 0.2) is 42.6 Å². The maximum Gasteiger partial charge on any atom is 0.408 e. The number of para-hydroxylation sites is 1.